The molecule has 0 atom stereocenters. The van der Waals surface area contributed by atoms with Crippen LogP contribution in [0.5, 0.6) is 0 Å². The normalized spacial score (nSPS) is 14.5. The van der Waals surface area contributed by atoms with Crippen LogP contribution >= 0.6 is 23.2 Å². The molecule has 3 rings (SSSR count). The van der Waals surface area contributed by atoms with E-state index in [2.05, 4.69) is 5.32 Å². The zero-order valence-electron chi connectivity index (χ0n) is 16.3. The van der Waals surface area contributed by atoms with Crippen molar-refractivity contribution in [3.63, 3.8) is 0 Å². The Hall–Kier alpha value is -2.13. The zero-order chi connectivity index (χ0) is 21.9. The van der Waals surface area contributed by atoms with Crippen molar-refractivity contribution in [3.8, 4) is 0 Å². The van der Waals surface area contributed by atoms with Crippen molar-refractivity contribution in [2.24, 2.45) is 0 Å². The molecular formula is C20H21Cl2N3O4S. The third-order valence-electron chi connectivity index (χ3n) is 4.74. The molecule has 1 heterocycles. The summed E-state index contributed by atoms with van der Waals surface area (Å²) in [5.41, 5.74) is 0.451. The predicted molar refractivity (Wildman–Crippen MR) is 116 cm³/mol. The Kier molecular flexibility index (Phi) is 7.02. The molecule has 0 aliphatic carbocycles. The number of nitrogens with zero attached hydrogens (tertiary/aromatic N) is 2. The lowest BCUT2D eigenvalue weighted by molar-refractivity contribution is -0.116. The Bertz CT molecular complexity index is 1050. The largest absolute Gasteiger partial charge is 0.332 e. The summed E-state index contributed by atoms with van der Waals surface area (Å²) in [5, 5.41) is 3.15. The Morgan fingerprint density at radius 2 is 1.67 bits per heavy atom. The quantitative estimate of drug-likeness (QED) is 0.701. The molecule has 2 amide bonds. The number of hydrogen-bond donors (Lipinski definition) is 1. The molecule has 1 N–H and O–H groups in total. The average Bonchev–Trinajstić information content (AvgIpc) is 3.26. The molecule has 2 aromatic rings. The van der Waals surface area contributed by atoms with Gasteiger partial charge in [0.15, 0.2) is 0 Å². The molecule has 0 aromatic heterocycles. The van der Waals surface area contributed by atoms with Gasteiger partial charge in [0, 0.05) is 25.7 Å². The van der Waals surface area contributed by atoms with Crippen LogP contribution in [-0.4, -0.2) is 56.1 Å². The van der Waals surface area contributed by atoms with E-state index in [-0.39, 0.29) is 32.7 Å². The van der Waals surface area contributed by atoms with E-state index >= 15 is 0 Å². The van der Waals surface area contributed by atoms with E-state index in [1.165, 1.54) is 40.5 Å². The number of sulfonamides is 1. The van der Waals surface area contributed by atoms with E-state index in [4.69, 9.17) is 23.2 Å². The second-order valence-corrected chi connectivity index (χ2v) is 9.70. The number of carbonyl (C=O) groups excluding carboxylic acids is 2. The van der Waals surface area contributed by atoms with Gasteiger partial charge in [-0.05, 0) is 43.2 Å². The minimum Gasteiger partial charge on any atom is -0.332 e. The summed E-state index contributed by atoms with van der Waals surface area (Å²) in [7, 11) is -2.18. The fourth-order valence-corrected chi connectivity index (χ4v) is 5.23. The van der Waals surface area contributed by atoms with Gasteiger partial charge >= 0.3 is 0 Å². The smallest absolute Gasteiger partial charge is 0.254 e. The molecule has 7 nitrogen and oxygen atoms in total. The van der Waals surface area contributed by atoms with Crippen molar-refractivity contribution < 1.29 is 18.0 Å². The van der Waals surface area contributed by atoms with E-state index in [9.17, 15) is 18.0 Å². The third kappa shape index (κ3) is 4.95. The molecule has 0 unspecified atom stereocenters. The van der Waals surface area contributed by atoms with E-state index in [0.717, 1.165) is 12.8 Å². The van der Waals surface area contributed by atoms with Crippen molar-refractivity contribution in [2.75, 3.05) is 32.0 Å². The van der Waals surface area contributed by atoms with Gasteiger partial charge in [-0.25, -0.2) is 8.42 Å². The maximum absolute atomic E-state index is 12.8. The molecule has 1 aliphatic heterocycles. The maximum Gasteiger partial charge on any atom is 0.254 e. The minimum atomic E-state index is -3.64. The number of anilines is 1. The molecule has 10 heteroatoms. The van der Waals surface area contributed by atoms with E-state index in [1.807, 2.05) is 0 Å². The number of halogens is 2. The average molecular weight is 470 g/mol. The van der Waals surface area contributed by atoms with Gasteiger partial charge in [-0.15, -0.1) is 0 Å². The third-order valence-corrected chi connectivity index (χ3v) is 7.26. The lowest BCUT2D eigenvalue weighted by Crippen LogP contribution is -2.35. The van der Waals surface area contributed by atoms with Crippen molar-refractivity contribution in [2.45, 2.75) is 17.7 Å². The molecule has 2 aromatic carbocycles. The summed E-state index contributed by atoms with van der Waals surface area (Å²) < 4.78 is 26.9. The monoisotopic (exact) mass is 469 g/mol. The molecule has 1 saturated heterocycles. The first-order chi connectivity index (χ1) is 14.2. The second-order valence-electron chi connectivity index (χ2n) is 6.95. The molecule has 1 fully saturated rings. The van der Waals surface area contributed by atoms with Gasteiger partial charge in [-0.1, -0.05) is 35.3 Å². The van der Waals surface area contributed by atoms with Gasteiger partial charge in [-0.3, -0.25) is 9.59 Å². The van der Waals surface area contributed by atoms with Crippen molar-refractivity contribution >= 4 is 50.7 Å². The SMILES string of the molecule is CN(CC(=O)Nc1c(Cl)cccc1Cl)C(=O)c1cccc(S(=O)(=O)N2CCCC2)c1. The standard InChI is InChI=1S/C20H21Cl2N3O4S/c1-24(13-18(26)23-19-16(21)8-5-9-17(19)22)20(27)14-6-4-7-15(12-14)30(28,29)25-10-2-3-11-25/h4-9,12H,2-3,10-11,13H2,1H3,(H,23,26). The highest BCUT2D eigenvalue weighted by Gasteiger charge is 2.28. The van der Waals surface area contributed by atoms with Crippen LogP contribution in [0.25, 0.3) is 0 Å². The van der Waals surface area contributed by atoms with Gasteiger partial charge in [0.25, 0.3) is 5.91 Å². The lowest BCUT2D eigenvalue weighted by Gasteiger charge is -2.19. The number of carbonyl (C=O) groups is 2. The Morgan fingerprint density at radius 3 is 2.30 bits per heavy atom. The topological polar surface area (TPSA) is 86.8 Å². The number of nitrogens with one attached hydrogen (secondary N) is 1. The van der Waals surface area contributed by atoms with E-state index in [0.29, 0.717) is 13.1 Å². The fourth-order valence-electron chi connectivity index (χ4n) is 3.17. The number of hydrogen-bond acceptors (Lipinski definition) is 4. The second kappa shape index (κ2) is 9.34. The van der Waals surface area contributed by atoms with Crippen LogP contribution in [0.2, 0.25) is 10.0 Å². The molecule has 160 valence electrons. The summed E-state index contributed by atoms with van der Waals surface area (Å²) >= 11 is 12.1. The minimum absolute atomic E-state index is 0.0657. The molecule has 0 radical (unpaired) electrons. The van der Waals surface area contributed by atoms with Crippen LogP contribution in [0.1, 0.15) is 23.2 Å². The van der Waals surface area contributed by atoms with Crippen LogP contribution in [0.3, 0.4) is 0 Å². The highest BCUT2D eigenvalue weighted by Crippen LogP contribution is 2.29. The van der Waals surface area contributed by atoms with Crippen LogP contribution < -0.4 is 5.32 Å². The molecule has 0 saturated carbocycles. The summed E-state index contributed by atoms with van der Waals surface area (Å²) in [6.45, 7) is 0.694. The van der Waals surface area contributed by atoms with Crippen molar-refractivity contribution in [3.05, 3.63) is 58.1 Å². The van der Waals surface area contributed by atoms with Gasteiger partial charge in [0.2, 0.25) is 15.9 Å². The summed E-state index contributed by atoms with van der Waals surface area (Å²) in [5.74, 6) is -0.962. The van der Waals surface area contributed by atoms with Gasteiger partial charge < -0.3 is 10.2 Å². The summed E-state index contributed by atoms with van der Waals surface area (Å²) in [6.07, 6.45) is 1.65. The van der Waals surface area contributed by atoms with Gasteiger partial charge in [0.05, 0.1) is 27.2 Å². The zero-order valence-corrected chi connectivity index (χ0v) is 18.6. The first kappa shape index (κ1) is 22.6. The number of rotatable bonds is 6. The van der Waals surface area contributed by atoms with Crippen LogP contribution in [0, 0.1) is 0 Å². The van der Waals surface area contributed by atoms with Crippen molar-refractivity contribution in [1.29, 1.82) is 0 Å². The van der Waals surface area contributed by atoms with Crippen LogP contribution in [0.4, 0.5) is 5.69 Å². The number of benzene rings is 2. The van der Waals surface area contributed by atoms with Crippen LogP contribution in [-0.2, 0) is 14.8 Å². The Labute approximate surface area is 185 Å². The molecular weight excluding hydrogens is 449 g/mol. The number of para-hydroxylation sites is 1. The Balaban J connectivity index is 1.71. The molecule has 0 spiro atoms. The van der Waals surface area contributed by atoms with E-state index in [1.54, 1.807) is 18.2 Å². The van der Waals surface area contributed by atoms with Crippen molar-refractivity contribution in [1.82, 2.24) is 9.21 Å². The Morgan fingerprint density at radius 1 is 1.07 bits per heavy atom. The van der Waals surface area contributed by atoms with Gasteiger partial charge in [0.1, 0.15) is 0 Å². The highest BCUT2D eigenvalue weighted by atomic mass is 35.5. The van der Waals surface area contributed by atoms with Crippen LogP contribution in [0.15, 0.2) is 47.4 Å². The molecule has 0 bridgehead atoms. The van der Waals surface area contributed by atoms with E-state index < -0.39 is 21.8 Å². The molecule has 1 aliphatic rings. The highest BCUT2D eigenvalue weighted by molar-refractivity contribution is 7.89. The maximum atomic E-state index is 12.8. The summed E-state index contributed by atoms with van der Waals surface area (Å²) in [4.78, 5) is 26.4. The first-order valence-corrected chi connectivity index (χ1v) is 11.5. The lowest BCUT2D eigenvalue weighted by atomic mass is 10.2. The van der Waals surface area contributed by atoms with Gasteiger partial charge in [-0.2, -0.15) is 4.31 Å². The molecule has 30 heavy (non-hydrogen) atoms. The number of amides is 2. The number of likely N-dealkylation sites (N-methyl/N-ethyl adjacent to an activating group) is 1. The predicted octanol–water partition coefficient (Wildman–Crippen LogP) is 3.49. The summed E-state index contributed by atoms with van der Waals surface area (Å²) in [6, 6.07) is 10.7. The fraction of sp³-hybridized carbons (Fsp3) is 0.300. The first-order valence-electron chi connectivity index (χ1n) is 9.29.